The molecule has 6 nitrogen and oxygen atoms in total. The third-order valence-electron chi connectivity index (χ3n) is 4.18. The molecule has 1 N–H and O–H groups in total. The maximum absolute atomic E-state index is 14.2. The van der Waals surface area contributed by atoms with Gasteiger partial charge in [0.15, 0.2) is 5.82 Å². The van der Waals surface area contributed by atoms with E-state index in [-0.39, 0.29) is 40.7 Å². The lowest BCUT2D eigenvalue weighted by Gasteiger charge is -2.24. The average molecular weight is 380 g/mol. The lowest BCUT2D eigenvalue weighted by molar-refractivity contribution is -0.120. The van der Waals surface area contributed by atoms with Gasteiger partial charge < -0.3 is 9.84 Å². The SMILES string of the molecule is CC(C)(C)c1cc(NC(=O)[C@@H]2CCC(=O)N2c2ccc(Cl)cc2F)no1. The number of hydrogen-bond acceptors (Lipinski definition) is 4. The second-order valence-electron chi connectivity index (χ2n) is 7.23. The molecule has 1 atom stereocenters. The van der Waals surface area contributed by atoms with Gasteiger partial charge in [-0.2, -0.15) is 0 Å². The van der Waals surface area contributed by atoms with Crippen LogP contribution in [0.2, 0.25) is 5.02 Å². The first-order valence-electron chi connectivity index (χ1n) is 8.22. The minimum absolute atomic E-state index is 0.0348. The molecule has 0 spiro atoms. The number of nitrogens with zero attached hydrogens (tertiary/aromatic N) is 2. The molecular weight excluding hydrogens is 361 g/mol. The van der Waals surface area contributed by atoms with Crippen molar-refractivity contribution in [2.24, 2.45) is 0 Å². The maximum atomic E-state index is 14.2. The van der Waals surface area contributed by atoms with Crippen molar-refractivity contribution >= 4 is 34.9 Å². The van der Waals surface area contributed by atoms with E-state index in [1.165, 1.54) is 17.0 Å². The molecule has 1 saturated heterocycles. The summed E-state index contributed by atoms with van der Waals surface area (Å²) in [5.74, 6) is -0.533. The van der Waals surface area contributed by atoms with Crippen LogP contribution in [-0.2, 0) is 15.0 Å². The predicted octanol–water partition coefficient (Wildman–Crippen LogP) is 3.90. The van der Waals surface area contributed by atoms with E-state index in [0.29, 0.717) is 5.76 Å². The molecule has 1 aliphatic rings. The lowest BCUT2D eigenvalue weighted by atomic mass is 9.93. The smallest absolute Gasteiger partial charge is 0.248 e. The molecule has 8 heteroatoms. The number of nitrogens with one attached hydrogen (secondary N) is 1. The van der Waals surface area contributed by atoms with Gasteiger partial charge >= 0.3 is 0 Å². The molecule has 1 aliphatic heterocycles. The molecule has 2 aromatic rings. The highest BCUT2D eigenvalue weighted by Gasteiger charge is 2.38. The Balaban J connectivity index is 1.81. The molecule has 1 fully saturated rings. The molecule has 0 aliphatic carbocycles. The Morgan fingerprint density at radius 3 is 2.73 bits per heavy atom. The van der Waals surface area contributed by atoms with Gasteiger partial charge in [-0.15, -0.1) is 0 Å². The zero-order valence-electron chi connectivity index (χ0n) is 14.7. The molecular formula is C18H19ClFN3O3. The first-order valence-corrected chi connectivity index (χ1v) is 8.60. The van der Waals surface area contributed by atoms with E-state index in [1.807, 2.05) is 20.8 Å². The summed E-state index contributed by atoms with van der Waals surface area (Å²) in [6.07, 6.45) is 0.447. The van der Waals surface area contributed by atoms with Crippen molar-refractivity contribution in [1.82, 2.24) is 5.16 Å². The summed E-state index contributed by atoms with van der Waals surface area (Å²) in [7, 11) is 0. The van der Waals surface area contributed by atoms with E-state index in [2.05, 4.69) is 10.5 Å². The van der Waals surface area contributed by atoms with Gasteiger partial charge in [0.05, 0.1) is 5.69 Å². The number of rotatable bonds is 3. The lowest BCUT2D eigenvalue weighted by Crippen LogP contribution is -2.42. The number of carbonyl (C=O) groups is 2. The van der Waals surface area contributed by atoms with Gasteiger partial charge in [-0.1, -0.05) is 37.5 Å². The molecule has 0 radical (unpaired) electrons. The number of hydrogen-bond donors (Lipinski definition) is 1. The van der Waals surface area contributed by atoms with E-state index in [0.717, 1.165) is 6.07 Å². The van der Waals surface area contributed by atoms with Crippen LogP contribution in [0.4, 0.5) is 15.9 Å². The average Bonchev–Trinajstić information content (AvgIpc) is 3.14. The van der Waals surface area contributed by atoms with Crippen LogP contribution in [0.1, 0.15) is 39.4 Å². The molecule has 1 aromatic carbocycles. The van der Waals surface area contributed by atoms with Crippen LogP contribution >= 0.6 is 11.6 Å². The van der Waals surface area contributed by atoms with Crippen LogP contribution in [0.15, 0.2) is 28.8 Å². The topological polar surface area (TPSA) is 75.4 Å². The summed E-state index contributed by atoms with van der Waals surface area (Å²) >= 11 is 5.76. The third kappa shape index (κ3) is 3.58. The summed E-state index contributed by atoms with van der Waals surface area (Å²) in [5, 5.41) is 6.70. The normalized spacial score (nSPS) is 17.7. The Labute approximate surface area is 155 Å². The van der Waals surface area contributed by atoms with Crippen molar-refractivity contribution in [3.8, 4) is 0 Å². The molecule has 2 heterocycles. The fraction of sp³-hybridized carbons (Fsp3) is 0.389. The van der Waals surface area contributed by atoms with Crippen molar-refractivity contribution in [3.63, 3.8) is 0 Å². The van der Waals surface area contributed by atoms with Gasteiger partial charge in [0.25, 0.3) is 0 Å². The Morgan fingerprint density at radius 1 is 1.38 bits per heavy atom. The van der Waals surface area contributed by atoms with E-state index >= 15 is 0 Å². The highest BCUT2D eigenvalue weighted by atomic mass is 35.5. The summed E-state index contributed by atoms with van der Waals surface area (Å²) in [6.45, 7) is 5.87. The molecule has 26 heavy (non-hydrogen) atoms. The van der Waals surface area contributed by atoms with Gasteiger partial charge in [0.2, 0.25) is 11.8 Å². The summed E-state index contributed by atoms with van der Waals surface area (Å²) in [6, 6.07) is 4.81. The second kappa shape index (κ2) is 6.72. The van der Waals surface area contributed by atoms with E-state index in [9.17, 15) is 14.0 Å². The van der Waals surface area contributed by atoms with E-state index in [4.69, 9.17) is 16.1 Å². The van der Waals surface area contributed by atoms with Crippen LogP contribution < -0.4 is 10.2 Å². The van der Waals surface area contributed by atoms with Gasteiger partial charge in [-0.3, -0.25) is 14.5 Å². The molecule has 1 aromatic heterocycles. The van der Waals surface area contributed by atoms with Crippen molar-refractivity contribution in [2.45, 2.75) is 45.1 Å². The van der Waals surface area contributed by atoms with Crippen LogP contribution in [0.5, 0.6) is 0 Å². The molecule has 138 valence electrons. The second-order valence-corrected chi connectivity index (χ2v) is 7.67. The van der Waals surface area contributed by atoms with E-state index < -0.39 is 17.8 Å². The van der Waals surface area contributed by atoms with Crippen molar-refractivity contribution in [3.05, 3.63) is 40.9 Å². The van der Waals surface area contributed by atoms with Gasteiger partial charge in [0.1, 0.15) is 17.6 Å². The van der Waals surface area contributed by atoms with Crippen LogP contribution in [-0.4, -0.2) is 23.0 Å². The van der Waals surface area contributed by atoms with Crippen molar-refractivity contribution in [1.29, 1.82) is 0 Å². The number of carbonyl (C=O) groups excluding carboxylic acids is 2. The molecule has 3 rings (SSSR count). The summed E-state index contributed by atoms with van der Waals surface area (Å²) in [4.78, 5) is 26.0. The summed E-state index contributed by atoms with van der Waals surface area (Å²) < 4.78 is 19.5. The van der Waals surface area contributed by atoms with Crippen LogP contribution in [0.25, 0.3) is 0 Å². The molecule has 0 unspecified atom stereocenters. The fourth-order valence-corrected chi connectivity index (χ4v) is 2.97. The van der Waals surface area contributed by atoms with Crippen LogP contribution in [0.3, 0.4) is 0 Å². The number of halogens is 2. The summed E-state index contributed by atoms with van der Waals surface area (Å²) in [5.41, 5.74) is -0.217. The number of aromatic nitrogens is 1. The first kappa shape index (κ1) is 18.4. The Kier molecular flexibility index (Phi) is 4.75. The molecule has 0 saturated carbocycles. The Hall–Kier alpha value is -2.41. The number of amides is 2. The minimum Gasteiger partial charge on any atom is -0.359 e. The molecule has 0 bridgehead atoms. The standard InChI is InChI=1S/C18H19ClFN3O3/c1-18(2,3)14-9-15(22-26-14)21-17(25)13-6-7-16(24)23(13)12-5-4-10(19)8-11(12)20/h4-5,8-9,13H,6-7H2,1-3H3,(H,21,22,25)/t13-/m0/s1. The monoisotopic (exact) mass is 379 g/mol. The van der Waals surface area contributed by atoms with Gasteiger partial charge in [-0.25, -0.2) is 4.39 Å². The van der Waals surface area contributed by atoms with Gasteiger partial charge in [0, 0.05) is 22.9 Å². The zero-order valence-corrected chi connectivity index (χ0v) is 15.4. The van der Waals surface area contributed by atoms with Crippen molar-refractivity contribution < 1.29 is 18.5 Å². The highest BCUT2D eigenvalue weighted by Crippen LogP contribution is 2.31. The number of anilines is 2. The Morgan fingerprint density at radius 2 is 2.12 bits per heavy atom. The van der Waals surface area contributed by atoms with E-state index in [1.54, 1.807) is 6.07 Å². The quantitative estimate of drug-likeness (QED) is 0.877. The largest absolute Gasteiger partial charge is 0.359 e. The van der Waals surface area contributed by atoms with Crippen LogP contribution in [0, 0.1) is 5.82 Å². The first-order chi connectivity index (χ1) is 12.2. The fourth-order valence-electron chi connectivity index (χ4n) is 2.81. The zero-order chi connectivity index (χ0) is 19.1. The third-order valence-corrected chi connectivity index (χ3v) is 4.42. The minimum atomic E-state index is -0.826. The van der Waals surface area contributed by atoms with Gasteiger partial charge in [-0.05, 0) is 24.6 Å². The molecule has 2 amide bonds. The van der Waals surface area contributed by atoms with Crippen molar-refractivity contribution in [2.75, 3.05) is 10.2 Å². The predicted molar refractivity (Wildman–Crippen MR) is 95.8 cm³/mol. The maximum Gasteiger partial charge on any atom is 0.248 e. The number of benzene rings is 1. The Bertz CT molecular complexity index is 860. The highest BCUT2D eigenvalue weighted by molar-refractivity contribution is 6.30.